The Kier molecular flexibility index (Phi) is 4.65. The number of hydrogen-bond donors (Lipinski definition) is 2. The number of carbonyl (C=O) groups is 1. The number of rotatable bonds is 3. The molecule has 96 valence electrons. The highest BCUT2D eigenvalue weighted by molar-refractivity contribution is 5.74. The van der Waals surface area contributed by atoms with Gasteiger partial charge >= 0.3 is 6.03 Å². The molecule has 0 saturated heterocycles. The lowest BCUT2D eigenvalue weighted by Gasteiger charge is -2.02. The smallest absolute Gasteiger partial charge is 0.315 e. The van der Waals surface area contributed by atoms with Gasteiger partial charge in [-0.3, -0.25) is 0 Å². The van der Waals surface area contributed by atoms with Gasteiger partial charge in [0.1, 0.15) is 5.76 Å². The number of hydrogen-bond acceptors (Lipinski definition) is 2. The van der Waals surface area contributed by atoms with Crippen LogP contribution in [0, 0.1) is 11.8 Å². The Morgan fingerprint density at radius 3 is 2.68 bits per heavy atom. The largest absolute Gasteiger partial charge is 0.467 e. The molecular formula is C15H14N2O2. The van der Waals surface area contributed by atoms with Crippen molar-refractivity contribution in [1.29, 1.82) is 0 Å². The first-order valence-corrected chi connectivity index (χ1v) is 5.92. The van der Waals surface area contributed by atoms with E-state index in [1.165, 1.54) is 0 Å². The summed E-state index contributed by atoms with van der Waals surface area (Å²) in [5.74, 6) is 6.55. The van der Waals surface area contributed by atoms with Crippen LogP contribution in [-0.4, -0.2) is 12.6 Å². The van der Waals surface area contributed by atoms with Crippen LogP contribution in [0.15, 0.2) is 53.1 Å². The van der Waals surface area contributed by atoms with E-state index in [0.29, 0.717) is 18.8 Å². The molecule has 0 saturated carbocycles. The third-order valence-electron chi connectivity index (χ3n) is 2.35. The lowest BCUT2D eigenvalue weighted by molar-refractivity contribution is 0.240. The summed E-state index contributed by atoms with van der Waals surface area (Å²) in [6.45, 7) is 0.670. The minimum atomic E-state index is -0.265. The fourth-order valence-corrected chi connectivity index (χ4v) is 1.44. The van der Waals surface area contributed by atoms with Crippen LogP contribution >= 0.6 is 0 Å². The fourth-order valence-electron chi connectivity index (χ4n) is 1.44. The van der Waals surface area contributed by atoms with Crippen LogP contribution in [-0.2, 0) is 6.54 Å². The zero-order valence-electron chi connectivity index (χ0n) is 10.3. The third kappa shape index (κ3) is 4.60. The van der Waals surface area contributed by atoms with Crippen molar-refractivity contribution in [2.24, 2.45) is 0 Å². The summed E-state index contributed by atoms with van der Waals surface area (Å²) in [5, 5.41) is 5.32. The number of amides is 2. The van der Waals surface area contributed by atoms with Crippen molar-refractivity contribution in [1.82, 2.24) is 10.6 Å². The Balaban J connectivity index is 1.68. The van der Waals surface area contributed by atoms with Crippen molar-refractivity contribution in [3.63, 3.8) is 0 Å². The first kappa shape index (κ1) is 12.8. The van der Waals surface area contributed by atoms with E-state index in [2.05, 4.69) is 22.5 Å². The predicted octanol–water partition coefficient (Wildman–Crippen LogP) is 2.13. The van der Waals surface area contributed by atoms with Crippen molar-refractivity contribution in [2.45, 2.75) is 6.54 Å². The van der Waals surface area contributed by atoms with Crippen molar-refractivity contribution in [3.05, 3.63) is 60.1 Å². The molecule has 1 heterocycles. The summed E-state index contributed by atoms with van der Waals surface area (Å²) >= 11 is 0. The molecule has 0 spiro atoms. The normalized spacial score (nSPS) is 9.26. The van der Waals surface area contributed by atoms with Gasteiger partial charge in [0.25, 0.3) is 0 Å². The van der Waals surface area contributed by atoms with Gasteiger partial charge in [-0.2, -0.15) is 0 Å². The molecule has 0 radical (unpaired) electrons. The maximum absolute atomic E-state index is 11.4. The van der Waals surface area contributed by atoms with E-state index >= 15 is 0 Å². The molecule has 2 N–H and O–H groups in total. The molecule has 4 heteroatoms. The quantitative estimate of drug-likeness (QED) is 0.824. The van der Waals surface area contributed by atoms with Gasteiger partial charge in [0, 0.05) is 5.56 Å². The van der Waals surface area contributed by atoms with E-state index in [4.69, 9.17) is 4.42 Å². The Labute approximate surface area is 111 Å². The zero-order chi connectivity index (χ0) is 13.3. The Morgan fingerprint density at radius 2 is 1.95 bits per heavy atom. The minimum Gasteiger partial charge on any atom is -0.467 e. The monoisotopic (exact) mass is 254 g/mol. The molecule has 0 fully saturated rings. The van der Waals surface area contributed by atoms with Gasteiger partial charge < -0.3 is 15.1 Å². The summed E-state index contributed by atoms with van der Waals surface area (Å²) in [4.78, 5) is 11.4. The van der Waals surface area contributed by atoms with Gasteiger partial charge in [0.2, 0.25) is 0 Å². The minimum absolute atomic E-state index is 0.265. The van der Waals surface area contributed by atoms with E-state index in [1.54, 1.807) is 18.4 Å². The fraction of sp³-hybridized carbons (Fsp3) is 0.133. The SMILES string of the molecule is O=C(NCC#Cc1ccccc1)NCc1ccco1. The van der Waals surface area contributed by atoms with Gasteiger partial charge in [-0.15, -0.1) is 0 Å². The number of nitrogens with one attached hydrogen (secondary N) is 2. The zero-order valence-corrected chi connectivity index (χ0v) is 10.3. The van der Waals surface area contributed by atoms with E-state index in [0.717, 1.165) is 5.56 Å². The summed E-state index contributed by atoms with van der Waals surface area (Å²) in [5.41, 5.74) is 0.931. The van der Waals surface area contributed by atoms with Crippen LogP contribution in [0.1, 0.15) is 11.3 Å². The second-order valence-electron chi connectivity index (χ2n) is 3.78. The lowest BCUT2D eigenvalue weighted by Crippen LogP contribution is -2.35. The number of furan rings is 1. The molecule has 1 aromatic heterocycles. The molecule has 2 aromatic rings. The molecule has 2 amide bonds. The van der Waals surface area contributed by atoms with Crippen LogP contribution < -0.4 is 10.6 Å². The van der Waals surface area contributed by atoms with Crippen LogP contribution in [0.5, 0.6) is 0 Å². The molecule has 2 rings (SSSR count). The summed E-state index contributed by atoms with van der Waals surface area (Å²) in [6, 6.07) is 12.9. The summed E-state index contributed by atoms with van der Waals surface area (Å²) in [7, 11) is 0. The van der Waals surface area contributed by atoms with Gasteiger partial charge in [0.05, 0.1) is 19.4 Å². The van der Waals surface area contributed by atoms with Crippen molar-refractivity contribution in [3.8, 4) is 11.8 Å². The summed E-state index contributed by atoms with van der Waals surface area (Å²) in [6.07, 6.45) is 1.57. The average Bonchev–Trinajstić information content (AvgIpc) is 2.96. The van der Waals surface area contributed by atoms with E-state index < -0.39 is 0 Å². The highest BCUT2D eigenvalue weighted by atomic mass is 16.3. The highest BCUT2D eigenvalue weighted by Crippen LogP contribution is 1.98. The molecule has 4 nitrogen and oxygen atoms in total. The number of carbonyl (C=O) groups excluding carboxylic acids is 1. The molecule has 0 aliphatic heterocycles. The standard InChI is InChI=1S/C15H14N2O2/c18-15(17-12-14-9-5-11-19-14)16-10-4-8-13-6-2-1-3-7-13/h1-3,5-7,9,11H,10,12H2,(H2,16,17,18). The van der Waals surface area contributed by atoms with Crippen molar-refractivity contribution >= 4 is 6.03 Å². The van der Waals surface area contributed by atoms with Gasteiger partial charge in [-0.1, -0.05) is 30.0 Å². The summed E-state index contributed by atoms with van der Waals surface area (Å²) < 4.78 is 5.10. The van der Waals surface area contributed by atoms with Crippen LogP contribution in [0.3, 0.4) is 0 Å². The average molecular weight is 254 g/mol. The molecule has 0 atom stereocenters. The first-order chi connectivity index (χ1) is 9.34. The molecule has 0 aliphatic rings. The maximum atomic E-state index is 11.4. The van der Waals surface area contributed by atoms with Crippen LogP contribution in [0.25, 0.3) is 0 Å². The highest BCUT2D eigenvalue weighted by Gasteiger charge is 1.99. The maximum Gasteiger partial charge on any atom is 0.315 e. The predicted molar refractivity (Wildman–Crippen MR) is 72.3 cm³/mol. The molecule has 0 bridgehead atoms. The molecule has 19 heavy (non-hydrogen) atoms. The van der Waals surface area contributed by atoms with E-state index in [-0.39, 0.29) is 6.03 Å². The van der Waals surface area contributed by atoms with Gasteiger partial charge in [-0.05, 0) is 24.3 Å². The van der Waals surface area contributed by atoms with Crippen molar-refractivity contribution in [2.75, 3.05) is 6.54 Å². The van der Waals surface area contributed by atoms with E-state index in [9.17, 15) is 4.79 Å². The second kappa shape index (κ2) is 6.92. The molecule has 0 aliphatic carbocycles. The van der Waals surface area contributed by atoms with Crippen LogP contribution in [0.2, 0.25) is 0 Å². The Morgan fingerprint density at radius 1 is 1.11 bits per heavy atom. The molecule has 0 unspecified atom stereocenters. The Bertz CT molecular complexity index is 565. The Hall–Kier alpha value is -2.67. The number of urea groups is 1. The first-order valence-electron chi connectivity index (χ1n) is 5.92. The van der Waals surface area contributed by atoms with Gasteiger partial charge in [0.15, 0.2) is 0 Å². The topological polar surface area (TPSA) is 54.3 Å². The van der Waals surface area contributed by atoms with Gasteiger partial charge in [-0.25, -0.2) is 4.79 Å². The molecule has 1 aromatic carbocycles. The van der Waals surface area contributed by atoms with Crippen molar-refractivity contribution < 1.29 is 9.21 Å². The molecular weight excluding hydrogens is 240 g/mol. The lowest BCUT2D eigenvalue weighted by atomic mass is 10.2. The second-order valence-corrected chi connectivity index (χ2v) is 3.78. The van der Waals surface area contributed by atoms with E-state index in [1.807, 2.05) is 30.3 Å². The third-order valence-corrected chi connectivity index (χ3v) is 2.35. The van der Waals surface area contributed by atoms with Crippen LogP contribution in [0.4, 0.5) is 4.79 Å². The number of benzene rings is 1.